The van der Waals surface area contributed by atoms with Crippen LogP contribution in [-0.2, 0) is 11.2 Å². The highest BCUT2D eigenvalue weighted by atomic mass is 19.1. The number of piperazine rings is 1. The van der Waals surface area contributed by atoms with Gasteiger partial charge in [0.2, 0.25) is 5.91 Å². The molecular formula is C18H18F2N2O. The minimum atomic E-state index is -0.348. The third kappa shape index (κ3) is 3.67. The predicted molar refractivity (Wildman–Crippen MR) is 85.3 cm³/mol. The van der Waals surface area contributed by atoms with Crippen LogP contribution in [0.25, 0.3) is 0 Å². The Morgan fingerprint density at radius 1 is 0.957 bits per heavy atom. The number of rotatable bonds is 3. The summed E-state index contributed by atoms with van der Waals surface area (Å²) >= 11 is 0. The van der Waals surface area contributed by atoms with Gasteiger partial charge in [0, 0.05) is 31.9 Å². The minimum Gasteiger partial charge on any atom is -0.368 e. The van der Waals surface area contributed by atoms with Crippen molar-refractivity contribution in [3.05, 3.63) is 65.7 Å². The molecular weight excluding hydrogens is 298 g/mol. The summed E-state index contributed by atoms with van der Waals surface area (Å²) in [5.41, 5.74) is 1.25. The number of carbonyl (C=O) groups is 1. The molecule has 23 heavy (non-hydrogen) atoms. The molecule has 1 aliphatic rings. The van der Waals surface area contributed by atoms with Gasteiger partial charge in [-0.25, -0.2) is 8.78 Å². The zero-order chi connectivity index (χ0) is 16.2. The van der Waals surface area contributed by atoms with Crippen molar-refractivity contribution in [1.82, 2.24) is 4.90 Å². The Kier molecular flexibility index (Phi) is 4.55. The van der Waals surface area contributed by atoms with Crippen LogP contribution >= 0.6 is 0 Å². The van der Waals surface area contributed by atoms with E-state index in [2.05, 4.69) is 4.90 Å². The van der Waals surface area contributed by atoms with E-state index < -0.39 is 0 Å². The standard InChI is InChI=1S/C18H18F2N2O/c19-15-5-3-6-16(13-15)21-8-10-22(11-9-21)18(23)12-14-4-1-2-7-17(14)20/h1-7,13H,8-12H2. The molecule has 2 aromatic carbocycles. The van der Waals surface area contributed by atoms with Gasteiger partial charge in [-0.2, -0.15) is 0 Å². The van der Waals surface area contributed by atoms with E-state index in [1.165, 1.54) is 18.2 Å². The second kappa shape index (κ2) is 6.77. The summed E-state index contributed by atoms with van der Waals surface area (Å²) < 4.78 is 26.9. The van der Waals surface area contributed by atoms with Crippen molar-refractivity contribution >= 4 is 11.6 Å². The number of anilines is 1. The zero-order valence-corrected chi connectivity index (χ0v) is 12.7. The maximum absolute atomic E-state index is 13.6. The van der Waals surface area contributed by atoms with Crippen LogP contribution in [0.4, 0.5) is 14.5 Å². The molecule has 5 heteroatoms. The van der Waals surface area contributed by atoms with Crippen molar-refractivity contribution < 1.29 is 13.6 Å². The highest BCUT2D eigenvalue weighted by Crippen LogP contribution is 2.18. The zero-order valence-electron chi connectivity index (χ0n) is 12.7. The third-order valence-electron chi connectivity index (χ3n) is 4.11. The lowest BCUT2D eigenvalue weighted by Crippen LogP contribution is -2.49. The van der Waals surface area contributed by atoms with Crippen molar-refractivity contribution in [2.75, 3.05) is 31.1 Å². The van der Waals surface area contributed by atoms with Crippen LogP contribution in [0.15, 0.2) is 48.5 Å². The molecule has 1 aliphatic heterocycles. The number of benzene rings is 2. The second-order valence-corrected chi connectivity index (χ2v) is 5.62. The lowest BCUT2D eigenvalue weighted by atomic mass is 10.1. The average Bonchev–Trinajstić information content (AvgIpc) is 2.57. The Morgan fingerprint density at radius 2 is 1.70 bits per heavy atom. The predicted octanol–water partition coefficient (Wildman–Crippen LogP) is 2.86. The molecule has 0 radical (unpaired) electrons. The van der Waals surface area contributed by atoms with Crippen molar-refractivity contribution in [3.63, 3.8) is 0 Å². The monoisotopic (exact) mass is 316 g/mol. The van der Waals surface area contributed by atoms with Crippen LogP contribution in [0.2, 0.25) is 0 Å². The fraction of sp³-hybridized carbons (Fsp3) is 0.278. The molecule has 1 amide bonds. The first kappa shape index (κ1) is 15.5. The van der Waals surface area contributed by atoms with Gasteiger partial charge in [0.1, 0.15) is 11.6 Å². The molecule has 3 nitrogen and oxygen atoms in total. The van der Waals surface area contributed by atoms with E-state index >= 15 is 0 Å². The van der Waals surface area contributed by atoms with Gasteiger partial charge in [0.15, 0.2) is 0 Å². The van der Waals surface area contributed by atoms with Gasteiger partial charge in [0.25, 0.3) is 0 Å². The number of amides is 1. The Labute approximate surface area is 134 Å². The molecule has 2 aromatic rings. The van der Waals surface area contributed by atoms with E-state index in [1.807, 2.05) is 6.07 Å². The molecule has 1 heterocycles. The molecule has 0 saturated carbocycles. The molecule has 0 unspecified atom stereocenters. The first-order valence-electron chi connectivity index (χ1n) is 7.65. The minimum absolute atomic E-state index is 0.0750. The smallest absolute Gasteiger partial charge is 0.227 e. The molecule has 1 saturated heterocycles. The normalized spacial score (nSPS) is 14.9. The summed E-state index contributed by atoms with van der Waals surface area (Å²) in [7, 11) is 0. The van der Waals surface area contributed by atoms with Gasteiger partial charge in [-0.05, 0) is 29.8 Å². The third-order valence-corrected chi connectivity index (χ3v) is 4.11. The van der Waals surface area contributed by atoms with Gasteiger partial charge in [0.05, 0.1) is 6.42 Å². The molecule has 0 N–H and O–H groups in total. The van der Waals surface area contributed by atoms with E-state index in [9.17, 15) is 13.6 Å². The SMILES string of the molecule is O=C(Cc1ccccc1F)N1CCN(c2cccc(F)c2)CC1. The number of nitrogens with zero attached hydrogens (tertiary/aromatic N) is 2. The van der Waals surface area contributed by atoms with Gasteiger partial charge in [-0.15, -0.1) is 0 Å². The highest BCUT2D eigenvalue weighted by molar-refractivity contribution is 5.79. The largest absolute Gasteiger partial charge is 0.368 e. The Morgan fingerprint density at radius 3 is 2.39 bits per heavy atom. The van der Waals surface area contributed by atoms with Crippen LogP contribution in [0.5, 0.6) is 0 Å². The first-order valence-corrected chi connectivity index (χ1v) is 7.65. The molecule has 1 fully saturated rings. The van der Waals surface area contributed by atoms with Crippen molar-refractivity contribution in [2.45, 2.75) is 6.42 Å². The topological polar surface area (TPSA) is 23.6 Å². The van der Waals surface area contributed by atoms with Gasteiger partial charge in [-0.3, -0.25) is 4.79 Å². The quantitative estimate of drug-likeness (QED) is 0.869. The molecule has 0 aromatic heterocycles. The van der Waals surface area contributed by atoms with Crippen molar-refractivity contribution in [1.29, 1.82) is 0 Å². The summed E-state index contributed by atoms with van der Waals surface area (Å²) in [5, 5.41) is 0. The average molecular weight is 316 g/mol. The molecule has 120 valence electrons. The number of hydrogen-bond donors (Lipinski definition) is 0. The van der Waals surface area contributed by atoms with Crippen LogP contribution < -0.4 is 4.90 Å². The van der Waals surface area contributed by atoms with Crippen LogP contribution in [0.1, 0.15) is 5.56 Å². The molecule has 3 rings (SSSR count). The van der Waals surface area contributed by atoms with E-state index in [4.69, 9.17) is 0 Å². The highest BCUT2D eigenvalue weighted by Gasteiger charge is 2.22. The maximum atomic E-state index is 13.6. The summed E-state index contributed by atoms with van der Waals surface area (Å²) in [6, 6.07) is 12.8. The molecule has 0 aliphatic carbocycles. The second-order valence-electron chi connectivity index (χ2n) is 5.62. The van der Waals surface area contributed by atoms with Gasteiger partial charge < -0.3 is 9.80 Å². The Hall–Kier alpha value is -2.43. The summed E-state index contributed by atoms with van der Waals surface area (Å²) in [6.07, 6.45) is 0.0760. The molecule has 0 atom stereocenters. The summed E-state index contributed by atoms with van der Waals surface area (Å²) in [6.45, 7) is 2.41. The maximum Gasteiger partial charge on any atom is 0.227 e. The van der Waals surface area contributed by atoms with Gasteiger partial charge >= 0.3 is 0 Å². The number of hydrogen-bond acceptors (Lipinski definition) is 2. The Bertz CT molecular complexity index is 697. The van der Waals surface area contributed by atoms with Crippen LogP contribution in [0.3, 0.4) is 0 Å². The number of halogens is 2. The van der Waals surface area contributed by atoms with E-state index in [0.717, 1.165) is 5.69 Å². The van der Waals surface area contributed by atoms with Crippen molar-refractivity contribution in [3.8, 4) is 0 Å². The van der Waals surface area contributed by atoms with Crippen LogP contribution in [0, 0.1) is 11.6 Å². The fourth-order valence-corrected chi connectivity index (χ4v) is 2.80. The van der Waals surface area contributed by atoms with E-state index in [0.29, 0.717) is 31.7 Å². The fourth-order valence-electron chi connectivity index (χ4n) is 2.80. The first-order chi connectivity index (χ1) is 11.1. The molecule has 0 bridgehead atoms. The summed E-state index contributed by atoms with van der Waals surface area (Å²) in [4.78, 5) is 16.1. The lowest BCUT2D eigenvalue weighted by Gasteiger charge is -2.36. The number of carbonyl (C=O) groups excluding carboxylic acids is 1. The van der Waals surface area contributed by atoms with Crippen LogP contribution in [-0.4, -0.2) is 37.0 Å². The van der Waals surface area contributed by atoms with E-state index in [-0.39, 0.29) is 24.0 Å². The Balaban J connectivity index is 1.58. The molecule has 0 spiro atoms. The van der Waals surface area contributed by atoms with Crippen molar-refractivity contribution in [2.24, 2.45) is 0 Å². The summed E-state index contributed by atoms with van der Waals surface area (Å²) in [5.74, 6) is -0.686. The van der Waals surface area contributed by atoms with Gasteiger partial charge in [-0.1, -0.05) is 24.3 Å². The lowest BCUT2D eigenvalue weighted by molar-refractivity contribution is -0.130. The van der Waals surface area contributed by atoms with E-state index in [1.54, 1.807) is 29.2 Å².